The third-order valence-corrected chi connectivity index (χ3v) is 8.06. The van der Waals surface area contributed by atoms with Gasteiger partial charge in [0.25, 0.3) is 11.8 Å². The second-order valence-electron chi connectivity index (χ2n) is 10.6. The second kappa shape index (κ2) is 14.1. The number of carbonyl (C=O) groups is 3. The molecule has 1 heterocycles. The predicted octanol–water partition coefficient (Wildman–Crippen LogP) is 2.35. The van der Waals surface area contributed by atoms with Crippen LogP contribution in [0.25, 0.3) is 5.69 Å². The summed E-state index contributed by atoms with van der Waals surface area (Å²) in [7, 11) is -2.41. The molecule has 226 valence electrons. The number of phenolic OH excluding ortho intramolecular Hbond substituents is 1. The van der Waals surface area contributed by atoms with E-state index in [2.05, 4.69) is 20.1 Å². The molecule has 3 rings (SSSR count). The number of benzene rings is 2. The quantitative estimate of drug-likeness (QED) is 0.270. The molecule has 0 radical (unpaired) electrons. The van der Waals surface area contributed by atoms with Crippen molar-refractivity contribution in [3.63, 3.8) is 0 Å². The number of phenols is 1. The topological polar surface area (TPSA) is 164 Å². The molecule has 42 heavy (non-hydrogen) atoms. The molecule has 0 saturated heterocycles. The van der Waals surface area contributed by atoms with Gasteiger partial charge in [0.05, 0.1) is 11.4 Å². The second-order valence-corrected chi connectivity index (χ2v) is 12.4. The van der Waals surface area contributed by atoms with Crippen molar-refractivity contribution in [2.24, 2.45) is 5.92 Å². The van der Waals surface area contributed by atoms with Gasteiger partial charge in [-0.15, -0.1) is 0 Å². The molecule has 0 aliphatic heterocycles. The van der Waals surface area contributed by atoms with Gasteiger partial charge in [0, 0.05) is 19.0 Å². The van der Waals surface area contributed by atoms with E-state index in [1.807, 2.05) is 6.92 Å². The number of unbranched alkanes of at least 4 members (excludes halogenated alkanes) is 1. The highest BCUT2D eigenvalue weighted by atomic mass is 32.2. The van der Waals surface area contributed by atoms with E-state index in [0.29, 0.717) is 18.4 Å². The number of hydrogen-bond donors (Lipinski definition) is 3. The maximum absolute atomic E-state index is 13.8. The van der Waals surface area contributed by atoms with E-state index in [9.17, 15) is 27.9 Å². The Morgan fingerprint density at radius 1 is 1.07 bits per heavy atom. The summed E-state index contributed by atoms with van der Waals surface area (Å²) in [4.78, 5) is 45.4. The molecular weight excluding hydrogens is 560 g/mol. The van der Waals surface area contributed by atoms with Crippen LogP contribution in [-0.2, 0) is 26.0 Å². The van der Waals surface area contributed by atoms with E-state index in [-0.39, 0.29) is 23.5 Å². The van der Waals surface area contributed by atoms with Gasteiger partial charge in [0.2, 0.25) is 15.9 Å². The minimum absolute atomic E-state index is 0.0859. The van der Waals surface area contributed by atoms with Crippen LogP contribution in [0.1, 0.15) is 55.1 Å². The number of aromatic hydroxyl groups is 1. The molecule has 1 aromatic heterocycles. The first-order valence-electron chi connectivity index (χ1n) is 13.7. The lowest BCUT2D eigenvalue weighted by Gasteiger charge is -2.30. The SMILES string of the molecule is CCCCS(=O)(=O)NC(=O)[C@@H](NC(=O)[C@@H](Cc1ccc(-n2cncn2)cc1)N(C)C(=O)c1cc(C)cc(O)c1)C(C)C. The number of likely N-dealkylation sites (N-methyl/N-ethyl adjacent to an activating group) is 1. The lowest BCUT2D eigenvalue weighted by atomic mass is 9.99. The van der Waals surface area contributed by atoms with Crippen molar-refractivity contribution in [2.45, 2.75) is 59.0 Å². The maximum atomic E-state index is 13.8. The fourth-order valence-corrected chi connectivity index (χ4v) is 5.58. The average molecular weight is 599 g/mol. The first-order chi connectivity index (χ1) is 19.8. The molecule has 3 N–H and O–H groups in total. The van der Waals surface area contributed by atoms with E-state index < -0.39 is 45.7 Å². The monoisotopic (exact) mass is 598 g/mol. The maximum Gasteiger partial charge on any atom is 0.256 e. The van der Waals surface area contributed by atoms with Crippen LogP contribution in [0.4, 0.5) is 0 Å². The molecule has 0 fully saturated rings. The molecule has 0 aliphatic carbocycles. The van der Waals surface area contributed by atoms with Crippen molar-refractivity contribution in [1.82, 2.24) is 29.7 Å². The summed E-state index contributed by atoms with van der Waals surface area (Å²) in [5.74, 6) is -2.74. The van der Waals surface area contributed by atoms with Crippen LogP contribution >= 0.6 is 0 Å². The van der Waals surface area contributed by atoms with E-state index in [1.54, 1.807) is 62.1 Å². The summed E-state index contributed by atoms with van der Waals surface area (Å²) in [5.41, 5.74) is 2.32. The van der Waals surface area contributed by atoms with E-state index >= 15 is 0 Å². The summed E-state index contributed by atoms with van der Waals surface area (Å²) < 4.78 is 28.4. The average Bonchev–Trinajstić information content (AvgIpc) is 3.47. The van der Waals surface area contributed by atoms with Crippen molar-refractivity contribution in [3.05, 3.63) is 71.8 Å². The van der Waals surface area contributed by atoms with Crippen molar-refractivity contribution in [2.75, 3.05) is 12.8 Å². The molecule has 2 aromatic carbocycles. The standard InChI is InChI=1S/C29H38N6O6S/c1-6-7-12-42(40,41)33-28(38)26(19(2)3)32-27(37)25(34(5)29(39)22-13-20(4)14-24(36)16-22)15-21-8-10-23(11-9-21)35-18-30-17-31-35/h8-11,13-14,16-19,25-26,36H,6-7,12,15H2,1-5H3,(H,32,37)(H,33,38)/t25-,26+/m1/s1. The van der Waals surface area contributed by atoms with Crippen LogP contribution in [-0.4, -0.2) is 75.8 Å². The van der Waals surface area contributed by atoms with Crippen LogP contribution in [0.5, 0.6) is 5.75 Å². The van der Waals surface area contributed by atoms with Crippen molar-refractivity contribution in [1.29, 1.82) is 0 Å². The third-order valence-electron chi connectivity index (χ3n) is 6.72. The Bertz CT molecular complexity index is 1470. The zero-order chi connectivity index (χ0) is 31.0. The molecule has 0 saturated carbocycles. The lowest BCUT2D eigenvalue weighted by molar-refractivity contribution is -0.131. The van der Waals surface area contributed by atoms with Crippen molar-refractivity contribution < 1.29 is 27.9 Å². The molecular formula is C29H38N6O6S. The zero-order valence-corrected chi connectivity index (χ0v) is 25.3. The van der Waals surface area contributed by atoms with E-state index in [0.717, 1.165) is 11.3 Å². The van der Waals surface area contributed by atoms with Gasteiger partial charge in [0.1, 0.15) is 30.5 Å². The fraction of sp³-hybridized carbons (Fsp3) is 0.414. The van der Waals surface area contributed by atoms with Crippen LogP contribution in [0.2, 0.25) is 0 Å². The smallest absolute Gasteiger partial charge is 0.256 e. The molecule has 13 heteroatoms. The normalized spacial score (nSPS) is 12.9. The minimum Gasteiger partial charge on any atom is -0.508 e. The number of nitrogens with zero attached hydrogens (tertiary/aromatic N) is 4. The van der Waals surface area contributed by atoms with Crippen LogP contribution < -0.4 is 10.0 Å². The zero-order valence-electron chi connectivity index (χ0n) is 24.4. The Hall–Kier alpha value is -4.26. The van der Waals surface area contributed by atoms with Crippen molar-refractivity contribution in [3.8, 4) is 11.4 Å². The van der Waals surface area contributed by atoms with Crippen molar-refractivity contribution >= 4 is 27.7 Å². The molecule has 0 aliphatic rings. The molecule has 12 nitrogen and oxygen atoms in total. The summed E-state index contributed by atoms with van der Waals surface area (Å²) >= 11 is 0. The van der Waals surface area contributed by atoms with Gasteiger partial charge in [-0.25, -0.2) is 18.1 Å². The first kappa shape index (κ1) is 32.3. The Morgan fingerprint density at radius 2 is 1.76 bits per heavy atom. The summed E-state index contributed by atoms with van der Waals surface area (Å²) in [6, 6.07) is 9.36. The first-order valence-corrected chi connectivity index (χ1v) is 15.3. The molecule has 0 unspecified atom stereocenters. The lowest BCUT2D eigenvalue weighted by Crippen LogP contribution is -2.57. The van der Waals surface area contributed by atoms with Crippen LogP contribution in [0.3, 0.4) is 0 Å². The van der Waals surface area contributed by atoms with Gasteiger partial charge in [-0.1, -0.05) is 39.3 Å². The van der Waals surface area contributed by atoms with Gasteiger partial charge < -0.3 is 15.3 Å². The number of sulfonamides is 1. The number of amides is 3. The fourth-order valence-electron chi connectivity index (χ4n) is 4.37. The highest BCUT2D eigenvalue weighted by molar-refractivity contribution is 7.90. The minimum atomic E-state index is -3.87. The van der Waals surface area contributed by atoms with E-state index in [1.165, 1.54) is 30.4 Å². The number of aryl methyl sites for hydroxylation is 1. The molecule has 3 aromatic rings. The summed E-state index contributed by atoms with van der Waals surface area (Å²) in [6.07, 6.45) is 4.08. The molecule has 0 spiro atoms. The largest absolute Gasteiger partial charge is 0.508 e. The highest BCUT2D eigenvalue weighted by Gasteiger charge is 2.33. The van der Waals surface area contributed by atoms with Gasteiger partial charge in [-0.05, 0) is 60.7 Å². The predicted molar refractivity (Wildman–Crippen MR) is 157 cm³/mol. The summed E-state index contributed by atoms with van der Waals surface area (Å²) in [6.45, 7) is 6.95. The third kappa shape index (κ3) is 8.62. The number of aromatic nitrogens is 3. The Kier molecular flexibility index (Phi) is 10.8. The Balaban J connectivity index is 1.90. The Labute approximate surface area is 246 Å². The number of rotatable bonds is 13. The van der Waals surface area contributed by atoms with E-state index in [4.69, 9.17) is 0 Å². The van der Waals surface area contributed by atoms with Gasteiger partial charge >= 0.3 is 0 Å². The molecule has 3 amide bonds. The van der Waals surface area contributed by atoms with Gasteiger partial charge in [0.15, 0.2) is 0 Å². The Morgan fingerprint density at radius 3 is 2.33 bits per heavy atom. The van der Waals surface area contributed by atoms with Gasteiger partial charge in [-0.2, -0.15) is 5.10 Å². The summed E-state index contributed by atoms with van der Waals surface area (Å²) in [5, 5.41) is 16.8. The molecule has 0 bridgehead atoms. The van der Waals surface area contributed by atoms with Gasteiger partial charge in [-0.3, -0.25) is 19.1 Å². The van der Waals surface area contributed by atoms with Crippen LogP contribution in [0.15, 0.2) is 55.1 Å². The number of carbonyl (C=O) groups excluding carboxylic acids is 3. The highest BCUT2D eigenvalue weighted by Crippen LogP contribution is 2.19. The van der Waals surface area contributed by atoms with Crippen LogP contribution in [0, 0.1) is 12.8 Å². The number of nitrogens with one attached hydrogen (secondary N) is 2. The molecule has 2 atom stereocenters. The number of hydrogen-bond acceptors (Lipinski definition) is 8.